The molecule has 3 heteroatoms. The van der Waals surface area contributed by atoms with Crippen LogP contribution < -0.4 is 5.32 Å². The zero-order valence-corrected chi connectivity index (χ0v) is 16.8. The van der Waals surface area contributed by atoms with Crippen LogP contribution in [0.5, 0.6) is 0 Å². The predicted octanol–water partition coefficient (Wildman–Crippen LogP) is 6.12. The Morgan fingerprint density at radius 2 is 1.50 bits per heavy atom. The fourth-order valence-electron chi connectivity index (χ4n) is 2.75. The summed E-state index contributed by atoms with van der Waals surface area (Å²) in [5.41, 5.74) is 5.27. The fourth-order valence-corrected chi connectivity index (χ4v) is 3.30. The van der Waals surface area contributed by atoms with Crippen molar-refractivity contribution in [3.8, 4) is 0 Å². The van der Waals surface area contributed by atoms with Gasteiger partial charge >= 0.3 is 0 Å². The summed E-state index contributed by atoms with van der Waals surface area (Å²) in [4.78, 5) is 12.7. The molecule has 2 aromatic carbocycles. The van der Waals surface area contributed by atoms with Gasteiger partial charge in [0.25, 0.3) is 5.91 Å². The Kier molecular flexibility index (Phi) is 5.87. The lowest BCUT2D eigenvalue weighted by Crippen LogP contribution is -2.16. The molecule has 0 unspecified atom stereocenters. The van der Waals surface area contributed by atoms with Crippen molar-refractivity contribution in [2.45, 2.75) is 52.9 Å². The monoisotopic (exact) mass is 387 g/mol. The lowest BCUT2D eigenvalue weighted by molar-refractivity contribution is 0.102. The van der Waals surface area contributed by atoms with E-state index in [0.717, 1.165) is 34.1 Å². The zero-order valence-electron chi connectivity index (χ0n) is 15.2. The molecule has 0 aliphatic heterocycles. The fraction of sp³-hybridized carbons (Fsp3) is 0.381. The minimum atomic E-state index is -0.0535. The highest BCUT2D eigenvalue weighted by Gasteiger charge is 2.16. The van der Waals surface area contributed by atoms with Crippen molar-refractivity contribution in [3.63, 3.8) is 0 Å². The Hall–Kier alpha value is -1.61. The van der Waals surface area contributed by atoms with Gasteiger partial charge in [-0.1, -0.05) is 62.7 Å². The van der Waals surface area contributed by atoms with Crippen LogP contribution in [0.25, 0.3) is 0 Å². The average Bonchev–Trinajstić information content (AvgIpc) is 2.55. The van der Waals surface area contributed by atoms with Gasteiger partial charge < -0.3 is 5.32 Å². The smallest absolute Gasteiger partial charge is 0.255 e. The van der Waals surface area contributed by atoms with E-state index < -0.39 is 0 Å². The van der Waals surface area contributed by atoms with Gasteiger partial charge in [0.05, 0.1) is 0 Å². The third-order valence-corrected chi connectivity index (χ3v) is 4.74. The molecule has 0 radical (unpaired) electrons. The van der Waals surface area contributed by atoms with Gasteiger partial charge in [-0.05, 0) is 59.2 Å². The average molecular weight is 388 g/mol. The zero-order chi connectivity index (χ0) is 17.9. The first-order valence-corrected chi connectivity index (χ1v) is 9.28. The summed E-state index contributed by atoms with van der Waals surface area (Å²) in [7, 11) is 0. The summed E-state index contributed by atoms with van der Waals surface area (Å²) in [5, 5.41) is 3.12. The van der Waals surface area contributed by atoms with E-state index in [9.17, 15) is 4.79 Å². The van der Waals surface area contributed by atoms with Crippen molar-refractivity contribution in [3.05, 3.63) is 63.1 Å². The van der Waals surface area contributed by atoms with Crippen LogP contribution in [-0.2, 0) is 18.3 Å². The third-order valence-electron chi connectivity index (χ3n) is 4.28. The molecule has 0 aliphatic rings. The van der Waals surface area contributed by atoms with Crippen molar-refractivity contribution >= 4 is 27.5 Å². The van der Waals surface area contributed by atoms with Crippen molar-refractivity contribution in [2.75, 3.05) is 5.32 Å². The third kappa shape index (κ3) is 4.27. The highest BCUT2D eigenvalue weighted by molar-refractivity contribution is 9.10. The van der Waals surface area contributed by atoms with Crippen LogP contribution in [-0.4, -0.2) is 5.91 Å². The van der Waals surface area contributed by atoms with Crippen molar-refractivity contribution < 1.29 is 4.79 Å². The number of halogens is 1. The first-order valence-electron chi connectivity index (χ1n) is 8.49. The standard InChI is InChI=1S/C21H26BrNO/c1-6-14-12-18(22)13-15(7-2)19(14)23-20(24)16-8-10-17(11-9-16)21(3,4)5/h8-13H,6-7H2,1-5H3,(H,23,24). The summed E-state index contributed by atoms with van der Waals surface area (Å²) in [6.07, 6.45) is 1.76. The molecular weight excluding hydrogens is 362 g/mol. The first-order chi connectivity index (χ1) is 11.3. The van der Waals surface area contributed by atoms with E-state index in [1.54, 1.807) is 0 Å². The Balaban J connectivity index is 2.30. The van der Waals surface area contributed by atoms with Crippen molar-refractivity contribution in [1.29, 1.82) is 0 Å². The number of carbonyl (C=O) groups is 1. The second-order valence-corrected chi connectivity index (χ2v) is 8.00. The SMILES string of the molecule is CCc1cc(Br)cc(CC)c1NC(=O)c1ccc(C(C)(C)C)cc1. The Morgan fingerprint density at radius 1 is 1.00 bits per heavy atom. The molecule has 2 rings (SSSR count). The summed E-state index contributed by atoms with van der Waals surface area (Å²) in [6.45, 7) is 10.7. The molecule has 1 N–H and O–H groups in total. The van der Waals surface area contributed by atoms with E-state index >= 15 is 0 Å². The summed E-state index contributed by atoms with van der Waals surface area (Å²) < 4.78 is 1.06. The second-order valence-electron chi connectivity index (χ2n) is 7.09. The van der Waals surface area contributed by atoms with Crippen LogP contribution in [0.3, 0.4) is 0 Å². The molecule has 0 heterocycles. The van der Waals surface area contributed by atoms with Crippen LogP contribution in [0.4, 0.5) is 5.69 Å². The van der Waals surface area contributed by atoms with E-state index in [-0.39, 0.29) is 11.3 Å². The van der Waals surface area contributed by atoms with E-state index in [0.29, 0.717) is 5.56 Å². The van der Waals surface area contributed by atoms with Crippen LogP contribution in [0.15, 0.2) is 40.9 Å². The number of aryl methyl sites for hydroxylation is 2. The van der Waals surface area contributed by atoms with Gasteiger partial charge in [-0.25, -0.2) is 0 Å². The quantitative estimate of drug-likeness (QED) is 0.671. The van der Waals surface area contributed by atoms with Crippen molar-refractivity contribution in [2.24, 2.45) is 0 Å². The highest BCUT2D eigenvalue weighted by atomic mass is 79.9. The van der Waals surface area contributed by atoms with E-state index in [1.807, 2.05) is 24.3 Å². The molecular formula is C21H26BrNO. The van der Waals surface area contributed by atoms with Gasteiger partial charge in [0.1, 0.15) is 0 Å². The Labute approximate surface area is 153 Å². The second kappa shape index (κ2) is 7.52. The minimum Gasteiger partial charge on any atom is -0.321 e. The number of anilines is 1. The van der Waals surface area contributed by atoms with Gasteiger partial charge in [-0.2, -0.15) is 0 Å². The van der Waals surface area contributed by atoms with Crippen molar-refractivity contribution in [1.82, 2.24) is 0 Å². The lowest BCUT2D eigenvalue weighted by atomic mass is 9.86. The molecule has 128 valence electrons. The molecule has 0 aromatic heterocycles. The predicted molar refractivity (Wildman–Crippen MR) is 106 cm³/mol. The van der Waals surface area contributed by atoms with Crippen LogP contribution >= 0.6 is 15.9 Å². The van der Waals surface area contributed by atoms with Gasteiger partial charge in [-0.3, -0.25) is 4.79 Å². The summed E-state index contributed by atoms with van der Waals surface area (Å²) >= 11 is 3.55. The Morgan fingerprint density at radius 3 is 1.92 bits per heavy atom. The number of hydrogen-bond acceptors (Lipinski definition) is 1. The molecule has 0 fully saturated rings. The van der Waals surface area contributed by atoms with Crippen LogP contribution in [0.2, 0.25) is 0 Å². The molecule has 0 saturated heterocycles. The molecule has 0 spiro atoms. The normalized spacial score (nSPS) is 11.4. The number of rotatable bonds is 4. The maximum Gasteiger partial charge on any atom is 0.255 e. The molecule has 2 aromatic rings. The largest absolute Gasteiger partial charge is 0.321 e. The van der Waals surface area contributed by atoms with Gasteiger partial charge in [-0.15, -0.1) is 0 Å². The maximum atomic E-state index is 12.7. The minimum absolute atomic E-state index is 0.0535. The van der Waals surface area contributed by atoms with Crippen LogP contribution in [0, 0.1) is 0 Å². The molecule has 0 atom stereocenters. The number of nitrogens with one attached hydrogen (secondary N) is 1. The Bertz CT molecular complexity index is 701. The van der Waals surface area contributed by atoms with Gasteiger partial charge in [0, 0.05) is 15.7 Å². The topological polar surface area (TPSA) is 29.1 Å². The molecule has 0 saturated carbocycles. The molecule has 24 heavy (non-hydrogen) atoms. The molecule has 0 aliphatic carbocycles. The molecule has 0 bridgehead atoms. The van der Waals surface area contributed by atoms with E-state index in [4.69, 9.17) is 0 Å². The molecule has 1 amide bonds. The number of benzene rings is 2. The van der Waals surface area contributed by atoms with Crippen LogP contribution in [0.1, 0.15) is 61.7 Å². The molecule has 2 nitrogen and oxygen atoms in total. The van der Waals surface area contributed by atoms with Gasteiger partial charge in [0.2, 0.25) is 0 Å². The van der Waals surface area contributed by atoms with E-state index in [2.05, 4.69) is 68.0 Å². The highest BCUT2D eigenvalue weighted by Crippen LogP contribution is 2.28. The number of carbonyl (C=O) groups excluding carboxylic acids is 1. The van der Waals surface area contributed by atoms with Gasteiger partial charge in [0.15, 0.2) is 0 Å². The summed E-state index contributed by atoms with van der Waals surface area (Å²) in [6, 6.07) is 12.1. The summed E-state index contributed by atoms with van der Waals surface area (Å²) in [5.74, 6) is -0.0535. The number of amides is 1. The maximum absolute atomic E-state index is 12.7. The first kappa shape index (κ1) is 18.7. The lowest BCUT2D eigenvalue weighted by Gasteiger charge is -2.19. The van der Waals surface area contributed by atoms with E-state index in [1.165, 1.54) is 5.56 Å². The number of hydrogen-bond donors (Lipinski definition) is 1.